The number of methoxy groups -OCH3 is 1. The molecule has 11 nitrogen and oxygen atoms in total. The Labute approximate surface area is 449 Å². The first-order valence-electron chi connectivity index (χ1n) is 27.2. The summed E-state index contributed by atoms with van der Waals surface area (Å²) in [6.45, 7) is 1.98. The van der Waals surface area contributed by atoms with Crippen LogP contribution in [-0.2, 0) is 47.9 Å². The van der Waals surface area contributed by atoms with Gasteiger partial charge in [0.1, 0.15) is 5.75 Å². The Hall–Kier alpha value is -5.15. The number of hydrogen-bond donors (Lipinski definition) is 8. The lowest BCUT2D eigenvalue weighted by Gasteiger charge is -2.50. The van der Waals surface area contributed by atoms with Gasteiger partial charge in [0.2, 0.25) is 0 Å². The van der Waals surface area contributed by atoms with Crippen LogP contribution in [0.25, 0.3) is 10.8 Å². The topological polar surface area (TPSA) is 185 Å². The summed E-state index contributed by atoms with van der Waals surface area (Å²) < 4.78 is 12.5. The number of aromatic amines is 1. The molecule has 0 unspecified atom stereocenters. The van der Waals surface area contributed by atoms with Crippen LogP contribution in [0, 0.1) is 17.8 Å². The fourth-order valence-electron chi connectivity index (χ4n) is 13.7. The maximum Gasteiger partial charge on any atom is 0.164 e. The highest BCUT2D eigenvalue weighted by molar-refractivity contribution is 8.76. The first-order valence-corrected chi connectivity index (χ1v) is 29.6. The molecule has 0 bridgehead atoms. The number of aliphatic hydroxyl groups excluding tert-OH is 3. The molecule has 13 heteroatoms. The summed E-state index contributed by atoms with van der Waals surface area (Å²) in [6, 6.07) is 26.7. The van der Waals surface area contributed by atoms with Crippen LogP contribution in [0.4, 0.5) is 0 Å². The zero-order chi connectivity index (χ0) is 52.4. The number of fused-ring (bicyclic) bond motifs is 2. The number of H-pyrrole nitrogens is 1. The lowest BCUT2D eigenvalue weighted by atomic mass is 9.55. The van der Waals surface area contributed by atoms with Crippen LogP contribution in [0.5, 0.6) is 28.7 Å². The van der Waals surface area contributed by atoms with Gasteiger partial charge in [-0.2, -0.15) is 0 Å². The fraction of sp³-hybridized carbons (Fsp3) is 0.468. The Morgan fingerprint density at radius 1 is 0.853 bits per heavy atom. The number of phenolic OH excluding ortho intramolecular Hbond substituents is 3. The number of Topliss-reactive ketones (excluding diaryl/α,β-unsaturated/α-hetero) is 1. The number of aromatic hydroxyl groups is 3. The molecule has 10 rings (SSSR count). The maximum atomic E-state index is 16.9. The lowest BCUT2D eigenvalue weighted by molar-refractivity contribution is -0.149. The number of rotatable bonds is 12. The number of aryl methyl sites for hydroxylation is 1. The van der Waals surface area contributed by atoms with E-state index >= 15 is 4.79 Å². The zero-order valence-electron chi connectivity index (χ0n) is 43.5. The van der Waals surface area contributed by atoms with Crippen molar-refractivity contribution in [2.75, 3.05) is 26.5 Å². The highest BCUT2D eigenvalue weighted by Gasteiger charge is 2.58. The minimum atomic E-state index is -1.67. The molecular formula is C62H74N2O9S2. The van der Waals surface area contributed by atoms with Gasteiger partial charge in [-0.3, -0.25) is 4.79 Å². The number of phenols is 3. The van der Waals surface area contributed by atoms with E-state index in [1.54, 1.807) is 65.1 Å². The third kappa shape index (κ3) is 10.4. The van der Waals surface area contributed by atoms with Crippen LogP contribution >= 0.6 is 21.6 Å². The Kier molecular flexibility index (Phi) is 16.2. The van der Waals surface area contributed by atoms with Crippen LogP contribution < -0.4 is 14.8 Å². The third-order valence-electron chi connectivity index (χ3n) is 17.6. The van der Waals surface area contributed by atoms with E-state index in [4.69, 9.17) is 9.47 Å². The predicted molar refractivity (Wildman–Crippen MR) is 299 cm³/mol. The van der Waals surface area contributed by atoms with Crippen LogP contribution in [0.15, 0.2) is 97.3 Å². The third-order valence-corrected chi connectivity index (χ3v) is 20.5. The fourth-order valence-corrected chi connectivity index (χ4v) is 16.5. The number of carbonyl (C=O) groups excluding carboxylic acids is 1. The van der Waals surface area contributed by atoms with Gasteiger partial charge in [0.05, 0.1) is 42.7 Å². The number of aromatic nitrogens is 1. The number of aliphatic hydroxyl groups is 3. The highest BCUT2D eigenvalue weighted by atomic mass is 33.1. The van der Waals surface area contributed by atoms with Crippen molar-refractivity contribution in [1.82, 2.24) is 10.3 Å². The average molecular weight is 1060 g/mol. The monoisotopic (exact) mass is 1050 g/mol. The highest BCUT2D eigenvalue weighted by Crippen LogP contribution is 2.53. The van der Waals surface area contributed by atoms with Crippen molar-refractivity contribution in [3.8, 4) is 28.7 Å². The van der Waals surface area contributed by atoms with Crippen LogP contribution in [0.1, 0.15) is 126 Å². The van der Waals surface area contributed by atoms with Crippen molar-refractivity contribution in [2.45, 2.75) is 138 Å². The average Bonchev–Trinajstić information content (AvgIpc) is 4.16. The van der Waals surface area contributed by atoms with Gasteiger partial charge in [-0.25, -0.2) is 0 Å². The first kappa shape index (κ1) is 53.3. The molecule has 0 spiro atoms. The van der Waals surface area contributed by atoms with Gasteiger partial charge in [0, 0.05) is 41.6 Å². The van der Waals surface area contributed by atoms with Gasteiger partial charge in [-0.15, -0.1) is 0 Å². The van der Waals surface area contributed by atoms with E-state index in [9.17, 15) is 30.6 Å². The largest absolute Gasteiger partial charge is 0.508 e. The minimum absolute atomic E-state index is 0.000713. The van der Waals surface area contributed by atoms with Crippen LogP contribution in [0.3, 0.4) is 0 Å². The maximum absolute atomic E-state index is 16.9. The molecule has 0 amide bonds. The quantitative estimate of drug-likeness (QED) is 0.0544. The summed E-state index contributed by atoms with van der Waals surface area (Å²) in [7, 11) is 6.62. The van der Waals surface area contributed by atoms with Gasteiger partial charge in [-0.1, -0.05) is 96.3 Å². The van der Waals surface area contributed by atoms with Crippen molar-refractivity contribution < 1.29 is 44.9 Å². The molecule has 1 aliphatic heterocycles. The van der Waals surface area contributed by atoms with Crippen molar-refractivity contribution in [1.29, 1.82) is 0 Å². The molecule has 0 radical (unpaired) electrons. The summed E-state index contributed by atoms with van der Waals surface area (Å²) in [6.07, 6.45) is 11.9. The molecule has 5 aromatic carbocycles. The van der Waals surface area contributed by atoms with E-state index in [1.807, 2.05) is 43.7 Å². The predicted octanol–water partition coefficient (Wildman–Crippen LogP) is 11.1. The second-order valence-electron chi connectivity index (χ2n) is 21.9. The van der Waals surface area contributed by atoms with Crippen LogP contribution in [-0.4, -0.2) is 86.2 Å². The van der Waals surface area contributed by atoms with E-state index in [0.717, 1.165) is 114 Å². The summed E-state index contributed by atoms with van der Waals surface area (Å²) in [5.41, 5.74) is 5.68. The Morgan fingerprint density at radius 2 is 1.64 bits per heavy atom. The van der Waals surface area contributed by atoms with Gasteiger partial charge < -0.3 is 50.4 Å². The molecule has 3 saturated carbocycles. The molecule has 0 saturated heterocycles. The van der Waals surface area contributed by atoms with Crippen molar-refractivity contribution in [3.63, 3.8) is 0 Å². The molecule has 398 valence electrons. The molecule has 7 atom stereocenters. The minimum Gasteiger partial charge on any atom is -0.508 e. The second kappa shape index (κ2) is 22.8. The van der Waals surface area contributed by atoms with E-state index < -0.39 is 40.9 Å². The summed E-state index contributed by atoms with van der Waals surface area (Å²) in [5, 5.41) is 78.2. The zero-order valence-corrected chi connectivity index (χ0v) is 45.2. The van der Waals surface area contributed by atoms with Gasteiger partial charge >= 0.3 is 0 Å². The van der Waals surface area contributed by atoms with Gasteiger partial charge in [0.25, 0.3) is 0 Å². The number of carbonyl (C=O) groups is 1. The summed E-state index contributed by atoms with van der Waals surface area (Å²) in [4.78, 5) is 20.1. The molecule has 4 aliphatic rings. The first-order chi connectivity index (χ1) is 36.4. The van der Waals surface area contributed by atoms with Crippen molar-refractivity contribution in [2.24, 2.45) is 17.8 Å². The Balaban J connectivity index is 1.16. The SMILES string of the molecule is CCc1ccc2cccc3c2c1Cc1c(ccc(O)c1OC)C[C@@H](Cc1cc[nH]c1)[C@H](O)[C@@H]1C(=O)[C@](Cc2ccc(O)c(OC4CCCC4)c2)(c2cc(O)cc(C4(NC)CCCCC4)c2)[C@@H](O)C[C@H]1CSS[C@H]3CO. The van der Waals surface area contributed by atoms with Crippen molar-refractivity contribution >= 4 is 38.1 Å². The molecule has 3 fully saturated rings. The molecular weight excluding hydrogens is 981 g/mol. The number of nitrogens with one attached hydrogen (secondary N) is 2. The van der Waals surface area contributed by atoms with E-state index in [2.05, 4.69) is 41.5 Å². The number of ether oxygens (including phenoxy) is 2. The molecule has 1 aromatic heterocycles. The van der Waals surface area contributed by atoms with Crippen molar-refractivity contribution in [3.05, 3.63) is 147 Å². The standard InChI is InChI=1S/C62H74N2O9S2/c1-4-39-16-17-40-11-10-14-48-54(35-65)75-74-36-43-28-55(69)62(33-37-15-19-51(67)53(26-37)73-47-12-6-7-13-47,45-29-44(30-46(66)31-45)61(63-2)22-8-5-9-23-61)60(71)57(43)58(70)42(25-38-21-24-64-34-38)27-41-18-20-52(68)59(72-3)50(41)32-49(39)56(40)48/h10-11,14-21,24,26,29-31,34,42-43,47,54-55,57-58,63-70H,4-9,12-13,22-23,25,27-28,32-33,35-36H2,1-3H3/t42-,43+,54+,55+,57-,58+,62-/m1/s1. The summed E-state index contributed by atoms with van der Waals surface area (Å²) >= 11 is 0. The molecule has 75 heavy (non-hydrogen) atoms. The molecule has 2 heterocycles. The molecule has 3 aliphatic carbocycles. The number of benzene rings is 5. The normalized spacial score (nSPS) is 25.5. The molecule has 6 aromatic rings. The Bertz CT molecular complexity index is 2970. The number of hydrogen-bond acceptors (Lipinski definition) is 12. The molecule has 8 N–H and O–H groups in total. The van der Waals surface area contributed by atoms with E-state index in [1.165, 1.54) is 0 Å². The Morgan fingerprint density at radius 3 is 2.37 bits per heavy atom. The number of ketones is 1. The van der Waals surface area contributed by atoms with E-state index in [-0.39, 0.29) is 53.8 Å². The van der Waals surface area contributed by atoms with E-state index in [0.29, 0.717) is 47.6 Å². The lowest BCUT2D eigenvalue weighted by Crippen LogP contribution is -2.61. The summed E-state index contributed by atoms with van der Waals surface area (Å²) in [5.74, 6) is -1.33. The second-order valence-corrected chi connectivity index (χ2v) is 24.5. The smallest absolute Gasteiger partial charge is 0.164 e. The van der Waals surface area contributed by atoms with Gasteiger partial charge in [-0.05, 0) is 181 Å². The van der Waals surface area contributed by atoms with Gasteiger partial charge in [0.15, 0.2) is 28.8 Å². The van der Waals surface area contributed by atoms with Crippen LogP contribution in [0.2, 0.25) is 0 Å².